The van der Waals surface area contributed by atoms with Crippen LogP contribution in [0.2, 0.25) is 0 Å². The van der Waals surface area contributed by atoms with E-state index in [2.05, 4.69) is 9.97 Å². The van der Waals surface area contributed by atoms with E-state index in [1.54, 1.807) is 6.07 Å². The molecule has 0 aliphatic rings. The van der Waals surface area contributed by atoms with Gasteiger partial charge >= 0.3 is 0 Å². The Balaban J connectivity index is 1.56. The van der Waals surface area contributed by atoms with Crippen molar-refractivity contribution in [2.75, 3.05) is 0 Å². The summed E-state index contributed by atoms with van der Waals surface area (Å²) in [5.41, 5.74) is 3.01. The smallest absolute Gasteiger partial charge is 0.138 e. The van der Waals surface area contributed by atoms with Gasteiger partial charge in [-0.3, -0.25) is 0 Å². The van der Waals surface area contributed by atoms with Crippen LogP contribution in [0.4, 0.5) is 8.78 Å². The van der Waals surface area contributed by atoms with Gasteiger partial charge in [-0.05, 0) is 36.4 Å². The Morgan fingerprint density at radius 1 is 0.920 bits per heavy atom. The minimum atomic E-state index is -0.617. The molecule has 1 aromatic heterocycles. The van der Waals surface area contributed by atoms with Crippen LogP contribution in [0.5, 0.6) is 5.75 Å². The van der Waals surface area contributed by atoms with E-state index >= 15 is 0 Å². The standard InChI is InChI=1S/C20H14F2N2O/c21-15-9-8-14(17(22)11-15)12-25-16-5-3-4-13(10-16)20-23-18-6-1-2-7-19(18)24-20/h1-11H,12H2,(H,23,24). The second-order valence-electron chi connectivity index (χ2n) is 5.65. The minimum absolute atomic E-state index is 0.0235. The number of para-hydroxylation sites is 2. The maximum absolute atomic E-state index is 13.7. The summed E-state index contributed by atoms with van der Waals surface area (Å²) in [5, 5.41) is 0. The molecular formula is C20H14F2N2O. The second kappa shape index (κ2) is 6.36. The normalized spacial score (nSPS) is 11.0. The number of imidazole rings is 1. The van der Waals surface area contributed by atoms with Crippen molar-refractivity contribution in [1.29, 1.82) is 0 Å². The van der Waals surface area contributed by atoms with Crippen molar-refractivity contribution in [1.82, 2.24) is 9.97 Å². The molecule has 0 aliphatic heterocycles. The molecule has 4 aromatic rings. The first-order valence-electron chi connectivity index (χ1n) is 7.81. The van der Waals surface area contributed by atoms with Gasteiger partial charge in [0.1, 0.15) is 29.8 Å². The number of rotatable bonds is 4. The van der Waals surface area contributed by atoms with Crippen LogP contribution in [-0.2, 0) is 6.61 Å². The first-order valence-corrected chi connectivity index (χ1v) is 7.81. The Labute approximate surface area is 142 Å². The fourth-order valence-electron chi connectivity index (χ4n) is 2.62. The zero-order chi connectivity index (χ0) is 17.2. The first-order chi connectivity index (χ1) is 12.2. The van der Waals surface area contributed by atoms with Crippen LogP contribution in [0.15, 0.2) is 66.7 Å². The molecule has 5 heteroatoms. The summed E-state index contributed by atoms with van der Waals surface area (Å²) in [4.78, 5) is 7.81. The molecule has 0 saturated carbocycles. The summed E-state index contributed by atoms with van der Waals surface area (Å²) in [6, 6.07) is 18.6. The van der Waals surface area contributed by atoms with Gasteiger partial charge < -0.3 is 9.72 Å². The molecule has 1 N–H and O–H groups in total. The van der Waals surface area contributed by atoms with Gasteiger partial charge in [0.2, 0.25) is 0 Å². The van der Waals surface area contributed by atoms with Crippen LogP contribution in [0.3, 0.4) is 0 Å². The Morgan fingerprint density at radius 3 is 2.64 bits per heavy atom. The van der Waals surface area contributed by atoms with Crippen LogP contribution < -0.4 is 4.74 Å². The average Bonchev–Trinajstić information content (AvgIpc) is 3.05. The van der Waals surface area contributed by atoms with Gasteiger partial charge in [-0.2, -0.15) is 0 Å². The highest BCUT2D eigenvalue weighted by atomic mass is 19.1. The number of nitrogens with one attached hydrogen (secondary N) is 1. The summed E-state index contributed by atoms with van der Waals surface area (Å²) < 4.78 is 32.3. The van der Waals surface area contributed by atoms with Gasteiger partial charge in [0.05, 0.1) is 11.0 Å². The van der Waals surface area contributed by atoms with Crippen LogP contribution in [-0.4, -0.2) is 9.97 Å². The highest BCUT2D eigenvalue weighted by Gasteiger charge is 2.08. The molecule has 1 heterocycles. The molecule has 25 heavy (non-hydrogen) atoms. The van der Waals surface area contributed by atoms with Gasteiger partial charge in [0, 0.05) is 17.2 Å². The third-order valence-electron chi connectivity index (χ3n) is 3.91. The fraction of sp³-hybridized carbons (Fsp3) is 0.0500. The van der Waals surface area contributed by atoms with E-state index in [1.165, 1.54) is 12.1 Å². The molecule has 0 bridgehead atoms. The lowest BCUT2D eigenvalue weighted by Gasteiger charge is -2.08. The van der Waals surface area contributed by atoms with Crippen molar-refractivity contribution < 1.29 is 13.5 Å². The van der Waals surface area contributed by atoms with E-state index in [9.17, 15) is 8.78 Å². The number of benzene rings is 3. The first kappa shape index (κ1) is 15.3. The van der Waals surface area contributed by atoms with Crippen molar-refractivity contribution >= 4 is 11.0 Å². The molecule has 0 atom stereocenters. The monoisotopic (exact) mass is 336 g/mol. The molecule has 0 aliphatic carbocycles. The number of fused-ring (bicyclic) bond motifs is 1. The number of hydrogen-bond acceptors (Lipinski definition) is 2. The lowest BCUT2D eigenvalue weighted by atomic mass is 10.2. The van der Waals surface area contributed by atoms with Crippen LogP contribution >= 0.6 is 0 Å². The van der Waals surface area contributed by atoms with Gasteiger partial charge in [-0.1, -0.05) is 24.3 Å². The average molecular weight is 336 g/mol. The quantitative estimate of drug-likeness (QED) is 0.564. The highest BCUT2D eigenvalue weighted by Crippen LogP contribution is 2.24. The number of H-pyrrole nitrogens is 1. The third kappa shape index (κ3) is 3.21. The largest absolute Gasteiger partial charge is 0.489 e. The van der Waals surface area contributed by atoms with Gasteiger partial charge in [-0.25, -0.2) is 13.8 Å². The molecule has 0 radical (unpaired) electrons. The summed E-state index contributed by atoms with van der Waals surface area (Å²) in [5.74, 6) is 0.0999. The topological polar surface area (TPSA) is 37.9 Å². The van der Waals surface area contributed by atoms with E-state index in [0.717, 1.165) is 28.5 Å². The van der Waals surface area contributed by atoms with Gasteiger partial charge in [-0.15, -0.1) is 0 Å². The Hall–Kier alpha value is -3.21. The van der Waals surface area contributed by atoms with E-state index in [0.29, 0.717) is 11.3 Å². The number of halogens is 2. The van der Waals surface area contributed by atoms with Crippen LogP contribution in [0.25, 0.3) is 22.4 Å². The molecule has 0 unspecified atom stereocenters. The predicted octanol–water partition coefficient (Wildman–Crippen LogP) is 5.09. The zero-order valence-electron chi connectivity index (χ0n) is 13.2. The summed E-state index contributed by atoms with van der Waals surface area (Å²) in [6.45, 7) is 0.0235. The molecule has 0 spiro atoms. The van der Waals surface area contributed by atoms with Crippen LogP contribution in [0.1, 0.15) is 5.56 Å². The second-order valence-corrected chi connectivity index (χ2v) is 5.65. The van der Waals surface area contributed by atoms with Gasteiger partial charge in [0.15, 0.2) is 0 Å². The van der Waals surface area contributed by atoms with Crippen molar-refractivity contribution in [3.05, 3.63) is 83.9 Å². The number of aromatic amines is 1. The molecule has 3 aromatic carbocycles. The third-order valence-corrected chi connectivity index (χ3v) is 3.91. The van der Waals surface area contributed by atoms with E-state index in [4.69, 9.17) is 4.74 Å². The maximum atomic E-state index is 13.7. The summed E-state index contributed by atoms with van der Waals surface area (Å²) in [7, 11) is 0. The predicted molar refractivity (Wildman–Crippen MR) is 92.2 cm³/mol. The summed E-state index contributed by atoms with van der Waals surface area (Å²) in [6.07, 6.45) is 0. The van der Waals surface area contributed by atoms with E-state index in [-0.39, 0.29) is 6.61 Å². The summed E-state index contributed by atoms with van der Waals surface area (Å²) >= 11 is 0. The van der Waals surface area contributed by atoms with Crippen LogP contribution in [0, 0.1) is 11.6 Å². The lowest BCUT2D eigenvalue weighted by molar-refractivity contribution is 0.299. The maximum Gasteiger partial charge on any atom is 0.138 e. The molecular weight excluding hydrogens is 322 g/mol. The number of aromatic nitrogens is 2. The van der Waals surface area contributed by atoms with Crippen molar-refractivity contribution in [3.63, 3.8) is 0 Å². The highest BCUT2D eigenvalue weighted by molar-refractivity contribution is 5.79. The molecule has 124 valence electrons. The van der Waals surface area contributed by atoms with Crippen molar-refractivity contribution in [2.24, 2.45) is 0 Å². The van der Waals surface area contributed by atoms with Gasteiger partial charge in [0.25, 0.3) is 0 Å². The lowest BCUT2D eigenvalue weighted by Crippen LogP contribution is -1.99. The SMILES string of the molecule is Fc1ccc(COc2cccc(-c3nc4ccccc4[nH]3)c2)c(F)c1. The van der Waals surface area contributed by atoms with Crippen molar-refractivity contribution in [3.8, 4) is 17.1 Å². The Kier molecular flexibility index (Phi) is 3.90. The number of ether oxygens (including phenoxy) is 1. The molecule has 0 amide bonds. The molecule has 0 saturated heterocycles. The van der Waals surface area contributed by atoms with E-state index in [1.807, 2.05) is 42.5 Å². The number of hydrogen-bond donors (Lipinski definition) is 1. The zero-order valence-corrected chi connectivity index (χ0v) is 13.2. The molecule has 3 nitrogen and oxygen atoms in total. The van der Waals surface area contributed by atoms with E-state index < -0.39 is 11.6 Å². The molecule has 4 rings (SSSR count). The Bertz CT molecular complexity index is 1010. The minimum Gasteiger partial charge on any atom is -0.489 e. The Morgan fingerprint density at radius 2 is 1.80 bits per heavy atom. The molecule has 0 fully saturated rings. The number of nitrogens with zero attached hydrogens (tertiary/aromatic N) is 1. The fourth-order valence-corrected chi connectivity index (χ4v) is 2.62. The van der Waals surface area contributed by atoms with Crippen molar-refractivity contribution in [2.45, 2.75) is 6.61 Å².